The summed E-state index contributed by atoms with van der Waals surface area (Å²) in [5.74, 6) is -0.175. The van der Waals surface area contributed by atoms with Gasteiger partial charge < -0.3 is 39.9 Å². The van der Waals surface area contributed by atoms with E-state index in [1.165, 1.54) is 24.5 Å². The molecule has 2 aromatic rings. The van der Waals surface area contributed by atoms with Crippen molar-refractivity contribution >= 4 is 53.6 Å². The number of hydrogen-bond donors (Lipinski definition) is 2. The number of ether oxygens (including phenoxy) is 6. The number of carbonyl (C=O) groups excluding carboxylic acids is 3. The van der Waals surface area contributed by atoms with E-state index >= 15 is 8.78 Å². The highest BCUT2D eigenvalue weighted by atomic mass is 32.2. The molecule has 0 saturated carbocycles. The zero-order valence-electron chi connectivity index (χ0n) is 27.8. The first-order valence-corrected chi connectivity index (χ1v) is 17.0. The SMILES string of the molecule is CC(C)(C)OC(=O)O[C@H]1[C@H](F)[C@H](n2ccc(N)nc2=O)S[C@@H]1COC(=O)OC[C@H]1S[C@@H](n2ccc(N)nc2=O)[C@@H](F)[C@@H]1OC(=O)OC(C)(C)C. The lowest BCUT2D eigenvalue weighted by molar-refractivity contribution is -0.0497. The summed E-state index contributed by atoms with van der Waals surface area (Å²) in [6, 6.07) is 2.57. The molecule has 0 bridgehead atoms. The molecule has 2 fully saturated rings. The number of alkyl halides is 2. The van der Waals surface area contributed by atoms with Crippen LogP contribution in [0.5, 0.6) is 0 Å². The van der Waals surface area contributed by atoms with Gasteiger partial charge in [0.2, 0.25) is 0 Å². The smallest absolute Gasteiger partial charge is 0.433 e. The first kappa shape index (κ1) is 38.5. The molecule has 2 aromatic heterocycles. The van der Waals surface area contributed by atoms with Crippen molar-refractivity contribution in [1.29, 1.82) is 0 Å². The van der Waals surface area contributed by atoms with Gasteiger partial charge in [-0.25, -0.2) is 32.8 Å². The first-order valence-electron chi connectivity index (χ1n) is 15.1. The first-order chi connectivity index (χ1) is 23.2. The number of anilines is 2. The van der Waals surface area contributed by atoms with Crippen LogP contribution in [0.15, 0.2) is 34.1 Å². The second-order valence-electron chi connectivity index (χ2n) is 13.1. The molecule has 0 amide bonds. The van der Waals surface area contributed by atoms with Gasteiger partial charge in [-0.15, -0.1) is 23.5 Å². The lowest BCUT2D eigenvalue weighted by Crippen LogP contribution is -2.39. The van der Waals surface area contributed by atoms with Crippen LogP contribution in [-0.4, -0.2) is 97.0 Å². The van der Waals surface area contributed by atoms with Gasteiger partial charge in [0.1, 0.15) is 46.8 Å². The number of aromatic nitrogens is 4. The standard InChI is InChI=1S/C29H38F2N6O11S2/c1-28(2,3)47-26(41)45-19-13(49-21(17(19)30)36-9-7-15(32)34-23(36)38)11-43-25(40)44-12-14-20(46-27(42)48-29(4,5)6)18(31)22(50-14)37-10-8-16(33)35-24(37)39/h7-10,13-14,17-22H,11-12H2,1-6H3,(H2,32,34,38)(H2,33,35,39)/t13-,14-,17+,18+,19-,20-,21-,22-/m1/s1. The van der Waals surface area contributed by atoms with Crippen LogP contribution in [0.4, 0.5) is 34.8 Å². The summed E-state index contributed by atoms with van der Waals surface area (Å²) in [5.41, 5.74) is 7.44. The van der Waals surface area contributed by atoms with Crippen molar-refractivity contribution in [3.05, 3.63) is 45.5 Å². The van der Waals surface area contributed by atoms with E-state index in [-0.39, 0.29) is 11.6 Å². The van der Waals surface area contributed by atoms with E-state index in [0.29, 0.717) is 0 Å². The summed E-state index contributed by atoms with van der Waals surface area (Å²) in [4.78, 5) is 69.8. The normalized spacial score (nSPS) is 26.6. The van der Waals surface area contributed by atoms with Gasteiger partial charge in [-0.05, 0) is 53.7 Å². The summed E-state index contributed by atoms with van der Waals surface area (Å²) < 4.78 is 64.8. The maximum absolute atomic E-state index is 15.8. The molecule has 8 atom stereocenters. The van der Waals surface area contributed by atoms with Gasteiger partial charge in [0, 0.05) is 12.4 Å². The van der Waals surface area contributed by atoms with E-state index in [9.17, 15) is 24.0 Å². The van der Waals surface area contributed by atoms with Gasteiger partial charge in [0.05, 0.1) is 10.5 Å². The van der Waals surface area contributed by atoms with Crippen molar-refractivity contribution in [3.8, 4) is 0 Å². The Morgan fingerprint density at radius 3 is 1.40 bits per heavy atom. The fourth-order valence-electron chi connectivity index (χ4n) is 4.74. The monoisotopic (exact) mass is 748 g/mol. The van der Waals surface area contributed by atoms with Crippen LogP contribution >= 0.6 is 23.5 Å². The quantitative estimate of drug-likeness (QED) is 0.291. The predicted molar refractivity (Wildman–Crippen MR) is 176 cm³/mol. The third-order valence-electron chi connectivity index (χ3n) is 6.76. The van der Waals surface area contributed by atoms with Gasteiger partial charge >= 0.3 is 29.8 Å². The van der Waals surface area contributed by atoms with E-state index in [4.69, 9.17) is 39.9 Å². The number of thioether (sulfide) groups is 2. The van der Waals surface area contributed by atoms with Gasteiger partial charge in [-0.2, -0.15) is 9.97 Å². The Hall–Kier alpha value is -4.27. The van der Waals surface area contributed by atoms with E-state index in [1.54, 1.807) is 41.5 Å². The van der Waals surface area contributed by atoms with Crippen molar-refractivity contribution in [1.82, 2.24) is 19.1 Å². The number of halogens is 2. The molecule has 0 aliphatic carbocycles. The minimum Gasteiger partial charge on any atom is -0.433 e. The van der Waals surface area contributed by atoms with Crippen molar-refractivity contribution in [2.75, 3.05) is 24.7 Å². The molecule has 17 nitrogen and oxygen atoms in total. The number of hydrogen-bond acceptors (Lipinski definition) is 17. The van der Waals surface area contributed by atoms with E-state index < -0.39 is 100 Å². The Morgan fingerprint density at radius 2 is 1.08 bits per heavy atom. The molecule has 21 heteroatoms. The van der Waals surface area contributed by atoms with Crippen LogP contribution in [0.2, 0.25) is 0 Å². The molecule has 4 N–H and O–H groups in total. The van der Waals surface area contributed by atoms with Gasteiger partial charge in [0.25, 0.3) is 0 Å². The third kappa shape index (κ3) is 9.92. The zero-order chi connectivity index (χ0) is 37.1. The van der Waals surface area contributed by atoms with E-state index in [1.807, 2.05) is 0 Å². The topological polar surface area (TPSA) is 228 Å². The van der Waals surface area contributed by atoms with Crippen LogP contribution in [0.3, 0.4) is 0 Å². The van der Waals surface area contributed by atoms with Gasteiger partial charge in [-0.3, -0.25) is 9.13 Å². The Kier molecular flexibility index (Phi) is 11.8. The second kappa shape index (κ2) is 15.3. The average Bonchev–Trinajstić information content (AvgIpc) is 3.44. The number of nitrogens with zero attached hydrogens (tertiary/aromatic N) is 4. The average molecular weight is 749 g/mol. The van der Waals surface area contributed by atoms with Crippen LogP contribution in [-0.2, 0) is 28.4 Å². The Labute approximate surface area is 292 Å². The Bertz CT molecular complexity index is 1560. The van der Waals surface area contributed by atoms with E-state index in [0.717, 1.165) is 32.7 Å². The zero-order valence-corrected chi connectivity index (χ0v) is 29.5. The summed E-state index contributed by atoms with van der Waals surface area (Å²) >= 11 is 1.65. The molecule has 4 rings (SSSR count). The summed E-state index contributed by atoms with van der Waals surface area (Å²) in [5, 5.41) is -4.63. The summed E-state index contributed by atoms with van der Waals surface area (Å²) in [6.07, 6.45) is -8.27. The maximum Gasteiger partial charge on any atom is 0.509 e. The predicted octanol–water partition coefficient (Wildman–Crippen LogP) is 3.36. The van der Waals surface area contributed by atoms with Crippen molar-refractivity contribution in [3.63, 3.8) is 0 Å². The molecular weight excluding hydrogens is 710 g/mol. The molecule has 2 aliphatic heterocycles. The van der Waals surface area contributed by atoms with Crippen molar-refractivity contribution in [2.24, 2.45) is 0 Å². The molecule has 0 unspecified atom stereocenters. The highest BCUT2D eigenvalue weighted by Crippen LogP contribution is 2.46. The molecule has 2 aliphatic rings. The third-order valence-corrected chi connectivity index (χ3v) is 9.80. The number of nitrogen functional groups attached to an aromatic ring is 2. The number of nitrogens with two attached hydrogens (primary N) is 2. The minimum atomic E-state index is -1.98. The summed E-state index contributed by atoms with van der Waals surface area (Å²) in [7, 11) is 0. The van der Waals surface area contributed by atoms with Gasteiger partial charge in [0.15, 0.2) is 24.6 Å². The lowest BCUT2D eigenvalue weighted by atomic mass is 10.1. The van der Waals surface area contributed by atoms with Gasteiger partial charge in [-0.1, -0.05) is 0 Å². The fourth-order valence-corrected chi connectivity index (χ4v) is 7.66. The van der Waals surface area contributed by atoms with Crippen molar-refractivity contribution < 1.29 is 51.6 Å². The van der Waals surface area contributed by atoms with Crippen LogP contribution < -0.4 is 22.8 Å². The molecule has 276 valence electrons. The summed E-state index contributed by atoms with van der Waals surface area (Å²) in [6.45, 7) is 8.33. The minimum absolute atomic E-state index is 0.0874. The lowest BCUT2D eigenvalue weighted by Gasteiger charge is -2.24. The fraction of sp³-hybridized carbons (Fsp3) is 0.621. The van der Waals surface area contributed by atoms with E-state index in [2.05, 4.69) is 9.97 Å². The molecule has 0 radical (unpaired) electrons. The van der Waals surface area contributed by atoms with Crippen molar-refractivity contribution in [2.45, 2.75) is 98.5 Å². The highest BCUT2D eigenvalue weighted by Gasteiger charge is 2.51. The van der Waals surface area contributed by atoms with Crippen LogP contribution in [0.25, 0.3) is 0 Å². The Morgan fingerprint density at radius 1 is 0.720 bits per heavy atom. The van der Waals surface area contributed by atoms with Crippen LogP contribution in [0, 0.1) is 0 Å². The number of rotatable bonds is 8. The molecule has 4 heterocycles. The second-order valence-corrected chi connectivity index (χ2v) is 15.8. The molecule has 0 spiro atoms. The molecule has 50 heavy (non-hydrogen) atoms. The maximum atomic E-state index is 15.8. The Balaban J connectivity index is 1.46. The highest BCUT2D eigenvalue weighted by molar-refractivity contribution is 8.00. The number of carbonyl (C=O) groups is 3. The van der Waals surface area contributed by atoms with Crippen LogP contribution in [0.1, 0.15) is 52.3 Å². The molecule has 2 saturated heterocycles. The largest absolute Gasteiger partial charge is 0.509 e. The molecular formula is C29H38F2N6O11S2. The molecule has 0 aromatic carbocycles.